The van der Waals surface area contributed by atoms with Gasteiger partial charge in [-0.2, -0.15) is 0 Å². The van der Waals surface area contributed by atoms with Crippen molar-refractivity contribution in [3.63, 3.8) is 0 Å². The molecule has 1 aliphatic heterocycles. The molecule has 7 heteroatoms. The van der Waals surface area contributed by atoms with Crippen LogP contribution in [0.5, 0.6) is 0 Å². The Hall–Kier alpha value is -2.93. The molecule has 30 heavy (non-hydrogen) atoms. The summed E-state index contributed by atoms with van der Waals surface area (Å²) in [6.07, 6.45) is 1.78. The number of carbonyl (C=O) groups is 3. The van der Waals surface area contributed by atoms with Gasteiger partial charge < -0.3 is 15.1 Å². The molecule has 3 rings (SSSR count). The number of ketones is 1. The summed E-state index contributed by atoms with van der Waals surface area (Å²) in [5, 5.41) is 19.7. The summed E-state index contributed by atoms with van der Waals surface area (Å²) in [6.45, 7) is 0.306. The van der Waals surface area contributed by atoms with Crippen LogP contribution in [-0.2, 0) is 14.4 Å². The molecular weight excluding hydrogens is 450 g/mol. The second kappa shape index (κ2) is 9.71. The molecule has 0 aliphatic carbocycles. The van der Waals surface area contributed by atoms with Gasteiger partial charge in [0, 0.05) is 23.0 Å². The van der Waals surface area contributed by atoms with Crippen LogP contribution in [0.4, 0.5) is 0 Å². The van der Waals surface area contributed by atoms with Gasteiger partial charge in [0.05, 0.1) is 11.6 Å². The molecule has 2 N–H and O–H groups in total. The van der Waals surface area contributed by atoms with Gasteiger partial charge >= 0.3 is 5.97 Å². The molecule has 1 heterocycles. The van der Waals surface area contributed by atoms with E-state index in [2.05, 4.69) is 15.9 Å². The van der Waals surface area contributed by atoms with Crippen LogP contribution in [-0.4, -0.2) is 39.3 Å². The Kier molecular flexibility index (Phi) is 7.05. The highest BCUT2D eigenvalue weighted by molar-refractivity contribution is 9.10. The van der Waals surface area contributed by atoms with E-state index in [1.165, 1.54) is 4.90 Å². The van der Waals surface area contributed by atoms with E-state index in [-0.39, 0.29) is 17.8 Å². The maximum Gasteiger partial charge on any atom is 0.303 e. The number of carboxylic acids is 1. The number of unbranched alkanes of at least 4 members (excludes halogenated alkanes) is 2. The number of halogens is 1. The first-order valence-corrected chi connectivity index (χ1v) is 10.5. The Morgan fingerprint density at radius 1 is 0.933 bits per heavy atom. The van der Waals surface area contributed by atoms with Gasteiger partial charge in [0.1, 0.15) is 5.76 Å². The third-order valence-electron chi connectivity index (χ3n) is 5.06. The van der Waals surface area contributed by atoms with E-state index < -0.39 is 23.7 Å². The first kappa shape index (κ1) is 21.8. The van der Waals surface area contributed by atoms with Gasteiger partial charge in [0.2, 0.25) is 0 Å². The summed E-state index contributed by atoms with van der Waals surface area (Å²) in [6, 6.07) is 15.3. The molecule has 1 fully saturated rings. The third-order valence-corrected chi connectivity index (χ3v) is 5.59. The van der Waals surface area contributed by atoms with Crippen molar-refractivity contribution in [3.8, 4) is 0 Å². The number of nitrogens with zero attached hydrogens (tertiary/aromatic N) is 1. The number of aliphatic hydroxyl groups excluding tert-OH is 1. The van der Waals surface area contributed by atoms with Crippen molar-refractivity contribution in [3.05, 3.63) is 75.8 Å². The normalized spacial score (nSPS) is 18.0. The van der Waals surface area contributed by atoms with E-state index in [0.29, 0.717) is 31.4 Å². The van der Waals surface area contributed by atoms with Crippen molar-refractivity contribution >= 4 is 39.3 Å². The highest BCUT2D eigenvalue weighted by Crippen LogP contribution is 2.39. The fourth-order valence-corrected chi connectivity index (χ4v) is 3.86. The number of amides is 1. The molecule has 1 atom stereocenters. The average molecular weight is 472 g/mol. The fraction of sp³-hybridized carbons (Fsp3) is 0.261. The highest BCUT2D eigenvalue weighted by Gasteiger charge is 2.45. The summed E-state index contributed by atoms with van der Waals surface area (Å²) in [4.78, 5) is 37.8. The summed E-state index contributed by atoms with van der Waals surface area (Å²) in [5.41, 5.74) is 1.26. The van der Waals surface area contributed by atoms with Crippen LogP contribution in [0.1, 0.15) is 42.9 Å². The van der Waals surface area contributed by atoms with Crippen LogP contribution in [0.25, 0.3) is 5.76 Å². The van der Waals surface area contributed by atoms with Crippen molar-refractivity contribution in [2.45, 2.75) is 31.7 Å². The predicted octanol–water partition coefficient (Wildman–Crippen LogP) is 4.52. The van der Waals surface area contributed by atoms with E-state index in [1.807, 2.05) is 30.3 Å². The van der Waals surface area contributed by atoms with E-state index in [9.17, 15) is 19.5 Å². The highest BCUT2D eigenvalue weighted by atomic mass is 79.9. The molecule has 2 aromatic carbocycles. The van der Waals surface area contributed by atoms with Crippen LogP contribution in [0, 0.1) is 0 Å². The molecule has 0 spiro atoms. The summed E-state index contributed by atoms with van der Waals surface area (Å²) in [5.74, 6) is -2.42. The molecule has 0 aromatic heterocycles. The van der Waals surface area contributed by atoms with Crippen LogP contribution in [0.2, 0.25) is 0 Å². The number of rotatable bonds is 8. The Morgan fingerprint density at radius 3 is 2.23 bits per heavy atom. The van der Waals surface area contributed by atoms with Gasteiger partial charge in [-0.15, -0.1) is 0 Å². The minimum Gasteiger partial charge on any atom is -0.507 e. The maximum absolute atomic E-state index is 12.9. The van der Waals surface area contributed by atoms with Crippen molar-refractivity contribution in [1.82, 2.24) is 4.90 Å². The van der Waals surface area contributed by atoms with E-state index in [4.69, 9.17) is 5.11 Å². The number of carbonyl (C=O) groups excluding carboxylic acids is 2. The number of carboxylic acid groups (broad SMARTS) is 1. The zero-order valence-corrected chi connectivity index (χ0v) is 17.8. The summed E-state index contributed by atoms with van der Waals surface area (Å²) < 4.78 is 0.834. The van der Waals surface area contributed by atoms with E-state index in [0.717, 1.165) is 10.0 Å². The fourth-order valence-electron chi connectivity index (χ4n) is 3.59. The van der Waals surface area contributed by atoms with Gasteiger partial charge in [0.25, 0.3) is 11.7 Å². The van der Waals surface area contributed by atoms with Crippen molar-refractivity contribution in [1.29, 1.82) is 0 Å². The van der Waals surface area contributed by atoms with Gasteiger partial charge in [-0.05, 0) is 30.5 Å². The van der Waals surface area contributed by atoms with Crippen LogP contribution in [0.15, 0.2) is 64.6 Å². The molecule has 0 bridgehead atoms. The third kappa shape index (κ3) is 4.79. The molecule has 1 saturated heterocycles. The smallest absolute Gasteiger partial charge is 0.303 e. The lowest BCUT2D eigenvalue weighted by Gasteiger charge is -2.25. The molecular formula is C23H22BrNO5. The monoisotopic (exact) mass is 471 g/mol. The molecule has 0 saturated carbocycles. The molecule has 6 nitrogen and oxygen atoms in total. The van der Waals surface area contributed by atoms with Crippen LogP contribution in [0.3, 0.4) is 0 Å². The van der Waals surface area contributed by atoms with E-state index in [1.54, 1.807) is 24.3 Å². The number of likely N-dealkylation sites (tertiary alicyclic amines) is 1. The minimum absolute atomic E-state index is 0.0686. The Balaban J connectivity index is 1.94. The lowest BCUT2D eigenvalue weighted by atomic mass is 9.95. The first-order chi connectivity index (χ1) is 14.4. The summed E-state index contributed by atoms with van der Waals surface area (Å²) in [7, 11) is 0. The van der Waals surface area contributed by atoms with Gasteiger partial charge in [-0.25, -0.2) is 0 Å². The number of Topliss-reactive ketones (excluding diaryl/α,β-unsaturated/α-hetero) is 1. The van der Waals surface area contributed by atoms with Crippen molar-refractivity contribution in [2.75, 3.05) is 6.54 Å². The number of hydrogen-bond acceptors (Lipinski definition) is 4. The Morgan fingerprint density at radius 2 is 1.60 bits per heavy atom. The van der Waals surface area contributed by atoms with Gasteiger partial charge in [0.15, 0.2) is 0 Å². The Bertz CT molecular complexity index is 969. The standard InChI is InChI=1S/C23H22BrNO5/c24-17-12-10-16(11-13-17)21(28)19-20(15-7-3-1-4-8-15)25(23(30)22(19)29)14-6-2-5-9-18(26)27/h1,3-4,7-8,10-13,20,28H,2,5-6,9,14H2,(H,26,27). The number of aliphatic carboxylic acids is 1. The van der Waals surface area contributed by atoms with Crippen molar-refractivity contribution < 1.29 is 24.6 Å². The number of aliphatic hydroxyl groups is 1. The molecule has 0 radical (unpaired) electrons. The lowest BCUT2D eigenvalue weighted by molar-refractivity contribution is -0.140. The molecule has 1 amide bonds. The first-order valence-electron chi connectivity index (χ1n) is 9.71. The SMILES string of the molecule is O=C(O)CCCCCN1C(=O)C(=O)C(=C(O)c2ccc(Br)cc2)C1c1ccccc1. The summed E-state index contributed by atoms with van der Waals surface area (Å²) >= 11 is 3.34. The minimum atomic E-state index is -0.853. The number of benzene rings is 2. The maximum atomic E-state index is 12.9. The molecule has 1 aliphatic rings. The average Bonchev–Trinajstić information content (AvgIpc) is 2.99. The quantitative estimate of drug-likeness (QED) is 0.255. The predicted molar refractivity (Wildman–Crippen MR) is 116 cm³/mol. The van der Waals surface area contributed by atoms with Gasteiger partial charge in [-0.3, -0.25) is 14.4 Å². The van der Waals surface area contributed by atoms with Crippen LogP contribution < -0.4 is 0 Å². The second-order valence-electron chi connectivity index (χ2n) is 7.11. The molecule has 2 aromatic rings. The van der Waals surface area contributed by atoms with E-state index >= 15 is 0 Å². The zero-order valence-electron chi connectivity index (χ0n) is 16.3. The molecule has 156 valence electrons. The number of hydrogen-bond donors (Lipinski definition) is 2. The molecule has 1 unspecified atom stereocenters. The Labute approximate surface area is 183 Å². The van der Waals surface area contributed by atoms with Gasteiger partial charge in [-0.1, -0.05) is 64.8 Å². The zero-order chi connectivity index (χ0) is 21.7. The lowest BCUT2D eigenvalue weighted by Crippen LogP contribution is -2.30. The second-order valence-corrected chi connectivity index (χ2v) is 8.03. The largest absolute Gasteiger partial charge is 0.507 e. The topological polar surface area (TPSA) is 94.9 Å². The van der Waals surface area contributed by atoms with Crippen LogP contribution >= 0.6 is 15.9 Å². The van der Waals surface area contributed by atoms with Crippen molar-refractivity contribution in [2.24, 2.45) is 0 Å².